The zero-order valence-electron chi connectivity index (χ0n) is 22.1. The van der Waals surface area contributed by atoms with Crippen LogP contribution in [0.5, 0.6) is 0 Å². The topological polar surface area (TPSA) is 101 Å². The van der Waals surface area contributed by atoms with Gasteiger partial charge >= 0.3 is 0 Å². The molecule has 1 atom stereocenters. The lowest BCUT2D eigenvalue weighted by atomic mass is 9.76. The monoisotopic (exact) mass is 497 g/mol. The summed E-state index contributed by atoms with van der Waals surface area (Å²) in [5.41, 5.74) is 1.47. The molecule has 0 radical (unpaired) electrons. The quantitative estimate of drug-likeness (QED) is 0.626. The lowest BCUT2D eigenvalue weighted by Gasteiger charge is -2.39. The summed E-state index contributed by atoms with van der Waals surface area (Å²) < 4.78 is 7.79. The van der Waals surface area contributed by atoms with Gasteiger partial charge in [0.05, 0.1) is 23.8 Å². The fourth-order valence-corrected chi connectivity index (χ4v) is 6.11. The Balaban J connectivity index is 1.31. The van der Waals surface area contributed by atoms with E-state index in [1.165, 1.54) is 6.42 Å². The number of carbonyl (C=O) groups excluding carboxylic acids is 2. The first-order valence-corrected chi connectivity index (χ1v) is 13.4. The Morgan fingerprint density at radius 3 is 2.42 bits per heavy atom. The van der Waals surface area contributed by atoms with Gasteiger partial charge in [-0.25, -0.2) is 0 Å². The van der Waals surface area contributed by atoms with Crippen molar-refractivity contribution >= 4 is 11.8 Å². The molecular formula is C26H39N7O3. The highest BCUT2D eigenvalue weighted by Crippen LogP contribution is 2.49. The zero-order valence-corrected chi connectivity index (χ0v) is 22.1. The summed E-state index contributed by atoms with van der Waals surface area (Å²) >= 11 is 0. The second-order valence-electron chi connectivity index (χ2n) is 11.3. The van der Waals surface area contributed by atoms with Gasteiger partial charge in [0.25, 0.3) is 5.91 Å². The van der Waals surface area contributed by atoms with Crippen molar-refractivity contribution < 1.29 is 14.0 Å². The molecule has 10 nitrogen and oxygen atoms in total. The Hall–Kier alpha value is -2.75. The molecule has 3 fully saturated rings. The number of aryl methyl sites for hydroxylation is 2. The average Bonchev–Trinajstić information content (AvgIpc) is 3.57. The fourth-order valence-electron chi connectivity index (χ4n) is 6.11. The zero-order chi connectivity index (χ0) is 25.4. The summed E-state index contributed by atoms with van der Waals surface area (Å²) in [6, 6.07) is -0.0680. The smallest absolute Gasteiger partial charge is 0.257 e. The van der Waals surface area contributed by atoms with Gasteiger partial charge in [-0.2, -0.15) is 5.10 Å². The van der Waals surface area contributed by atoms with Crippen molar-refractivity contribution in [2.75, 3.05) is 39.3 Å². The van der Waals surface area contributed by atoms with Gasteiger partial charge in [-0.3, -0.25) is 19.2 Å². The third kappa shape index (κ3) is 4.92. The summed E-state index contributed by atoms with van der Waals surface area (Å²) in [6.45, 7) is 10.3. The van der Waals surface area contributed by atoms with Gasteiger partial charge in [-0.15, -0.1) is 10.2 Å². The van der Waals surface area contributed by atoms with Gasteiger partial charge in [0.1, 0.15) is 0 Å². The number of piperidine rings is 2. The van der Waals surface area contributed by atoms with Gasteiger partial charge in [-0.05, 0) is 50.9 Å². The number of carbonyl (C=O) groups is 2. The maximum atomic E-state index is 13.2. The third-order valence-corrected chi connectivity index (χ3v) is 8.24. The Morgan fingerprint density at radius 1 is 1.08 bits per heavy atom. The van der Waals surface area contributed by atoms with E-state index in [0.29, 0.717) is 37.0 Å². The van der Waals surface area contributed by atoms with Crippen LogP contribution in [0.25, 0.3) is 0 Å². The maximum Gasteiger partial charge on any atom is 0.257 e. The third-order valence-electron chi connectivity index (χ3n) is 8.24. The second kappa shape index (κ2) is 9.95. The molecule has 0 saturated carbocycles. The highest BCUT2D eigenvalue weighted by atomic mass is 16.4. The van der Waals surface area contributed by atoms with Crippen molar-refractivity contribution in [2.24, 2.45) is 12.5 Å². The summed E-state index contributed by atoms with van der Waals surface area (Å²) in [4.78, 5) is 32.6. The minimum Gasteiger partial charge on any atom is -0.423 e. The highest BCUT2D eigenvalue weighted by Gasteiger charge is 2.49. The SMILES string of the molecule is Cc1nn(C)cc1C(=O)N1CCC2(CC1)CC(c1nnc(C(C)C)o1)N(CC(=O)N1CCCCC1)C2. The average molecular weight is 498 g/mol. The Labute approximate surface area is 213 Å². The van der Waals surface area contributed by atoms with Crippen molar-refractivity contribution in [3.8, 4) is 0 Å². The van der Waals surface area contributed by atoms with Crippen LogP contribution in [0.15, 0.2) is 10.6 Å². The van der Waals surface area contributed by atoms with Crippen molar-refractivity contribution in [1.29, 1.82) is 0 Å². The Morgan fingerprint density at radius 2 is 1.81 bits per heavy atom. The van der Waals surface area contributed by atoms with Crippen LogP contribution >= 0.6 is 0 Å². The number of hydrogen-bond donors (Lipinski definition) is 0. The van der Waals surface area contributed by atoms with Crippen LogP contribution in [0.4, 0.5) is 0 Å². The number of likely N-dealkylation sites (tertiary alicyclic amines) is 3. The minimum atomic E-state index is -0.0680. The standard InChI is InChI=1S/C26H39N7O3/c1-18(2)23-27-28-24(36-23)21-14-26(17-33(21)16-22(34)31-10-6-5-7-11-31)8-12-32(13-9-26)25(35)20-15-30(4)29-19(20)3/h15,18,21H,5-14,16-17H2,1-4H3. The maximum absolute atomic E-state index is 13.2. The van der Waals surface area contributed by atoms with Gasteiger partial charge in [0.15, 0.2) is 0 Å². The normalized spacial score (nSPS) is 22.6. The minimum absolute atomic E-state index is 0.0278. The molecule has 3 saturated heterocycles. The molecule has 0 N–H and O–H groups in total. The lowest BCUT2D eigenvalue weighted by molar-refractivity contribution is -0.133. The van der Waals surface area contributed by atoms with Crippen LogP contribution in [0.1, 0.15) is 92.2 Å². The molecule has 5 rings (SSSR count). The molecular weight excluding hydrogens is 458 g/mol. The predicted octanol–water partition coefficient (Wildman–Crippen LogP) is 2.92. The lowest BCUT2D eigenvalue weighted by Crippen LogP contribution is -2.46. The van der Waals surface area contributed by atoms with Crippen molar-refractivity contribution in [2.45, 2.75) is 71.3 Å². The van der Waals surface area contributed by atoms with Gasteiger partial charge in [-0.1, -0.05) is 13.8 Å². The first kappa shape index (κ1) is 24.9. The molecule has 3 aliphatic rings. The van der Waals surface area contributed by atoms with Crippen molar-refractivity contribution in [1.82, 2.24) is 34.7 Å². The predicted molar refractivity (Wildman–Crippen MR) is 133 cm³/mol. The molecule has 1 unspecified atom stereocenters. The molecule has 196 valence electrons. The molecule has 36 heavy (non-hydrogen) atoms. The van der Waals surface area contributed by atoms with E-state index < -0.39 is 0 Å². The summed E-state index contributed by atoms with van der Waals surface area (Å²) in [7, 11) is 1.84. The first-order chi connectivity index (χ1) is 17.2. The number of hydrogen-bond acceptors (Lipinski definition) is 7. The number of rotatable bonds is 5. The number of aromatic nitrogens is 4. The molecule has 10 heteroatoms. The second-order valence-corrected chi connectivity index (χ2v) is 11.3. The fraction of sp³-hybridized carbons (Fsp3) is 0.731. The number of nitrogens with zero attached hydrogens (tertiary/aromatic N) is 7. The van der Waals surface area contributed by atoms with E-state index in [1.807, 2.05) is 43.8 Å². The van der Waals surface area contributed by atoms with Crippen LogP contribution in [0, 0.1) is 12.3 Å². The molecule has 2 amide bonds. The van der Waals surface area contributed by atoms with Crippen LogP contribution in [0.3, 0.4) is 0 Å². The van der Waals surface area contributed by atoms with E-state index in [0.717, 1.165) is 57.4 Å². The van der Waals surface area contributed by atoms with Crippen LogP contribution in [0.2, 0.25) is 0 Å². The van der Waals surface area contributed by atoms with Gasteiger partial charge in [0.2, 0.25) is 17.7 Å². The van der Waals surface area contributed by atoms with Crippen LogP contribution < -0.4 is 0 Å². The van der Waals surface area contributed by atoms with E-state index in [-0.39, 0.29) is 29.2 Å². The van der Waals surface area contributed by atoms with Crippen LogP contribution in [-0.4, -0.2) is 85.8 Å². The largest absolute Gasteiger partial charge is 0.423 e. The van der Waals surface area contributed by atoms with Gasteiger partial charge in [0, 0.05) is 51.9 Å². The van der Waals surface area contributed by atoms with Crippen molar-refractivity contribution in [3.05, 3.63) is 29.2 Å². The van der Waals surface area contributed by atoms with E-state index in [2.05, 4.69) is 20.2 Å². The molecule has 3 aliphatic heterocycles. The highest BCUT2D eigenvalue weighted by molar-refractivity contribution is 5.95. The Bertz CT molecular complexity index is 1090. The van der Waals surface area contributed by atoms with E-state index in [1.54, 1.807) is 4.68 Å². The summed E-state index contributed by atoms with van der Waals surface area (Å²) in [5, 5.41) is 13.0. The summed E-state index contributed by atoms with van der Waals surface area (Å²) in [5.74, 6) is 1.67. The Kier molecular flexibility index (Phi) is 6.89. The van der Waals surface area contributed by atoms with Gasteiger partial charge < -0.3 is 14.2 Å². The molecule has 2 aromatic heterocycles. The van der Waals surface area contributed by atoms with Crippen molar-refractivity contribution in [3.63, 3.8) is 0 Å². The molecule has 1 spiro atoms. The molecule has 0 aromatic carbocycles. The van der Waals surface area contributed by atoms with E-state index >= 15 is 0 Å². The van der Waals surface area contributed by atoms with Crippen LogP contribution in [-0.2, 0) is 11.8 Å². The summed E-state index contributed by atoms with van der Waals surface area (Å²) in [6.07, 6.45) is 7.84. The first-order valence-electron chi connectivity index (χ1n) is 13.4. The van der Waals surface area contributed by atoms with E-state index in [9.17, 15) is 9.59 Å². The molecule has 2 aromatic rings. The van der Waals surface area contributed by atoms with E-state index in [4.69, 9.17) is 4.42 Å². The molecule has 5 heterocycles. The molecule has 0 aliphatic carbocycles. The number of amides is 2. The molecule has 0 bridgehead atoms.